The Balaban J connectivity index is 2.36. The normalized spacial score (nSPS) is 10.4. The molecule has 0 aliphatic rings. The average molecular weight is 307 g/mol. The van der Waals surface area contributed by atoms with E-state index in [9.17, 15) is 4.39 Å². The van der Waals surface area contributed by atoms with E-state index in [2.05, 4.69) is 0 Å². The van der Waals surface area contributed by atoms with Crippen LogP contribution in [0.3, 0.4) is 0 Å². The molecule has 0 saturated heterocycles. The highest BCUT2D eigenvalue weighted by Crippen LogP contribution is 2.36. The van der Waals surface area contributed by atoms with E-state index in [1.54, 1.807) is 0 Å². The van der Waals surface area contributed by atoms with Gasteiger partial charge in [-0.15, -0.1) is 0 Å². The molecule has 0 spiro atoms. The first-order valence-corrected chi connectivity index (χ1v) is 5.97. The maximum absolute atomic E-state index is 13.1. The monoisotopic (exact) mass is 305 g/mol. The summed E-state index contributed by atoms with van der Waals surface area (Å²) < 4.78 is 18.5. The van der Waals surface area contributed by atoms with Crippen LogP contribution in [0.2, 0.25) is 15.1 Å². The van der Waals surface area contributed by atoms with Crippen LogP contribution in [-0.4, -0.2) is 0 Å². The van der Waals surface area contributed by atoms with Crippen molar-refractivity contribution in [2.45, 2.75) is 0 Å². The Hall–Kier alpha value is -1.16. The number of anilines is 1. The van der Waals surface area contributed by atoms with E-state index in [1.165, 1.54) is 30.3 Å². The average Bonchev–Trinajstić information content (AvgIpc) is 2.24. The summed E-state index contributed by atoms with van der Waals surface area (Å²) in [5.41, 5.74) is 5.76. The lowest BCUT2D eigenvalue weighted by atomic mass is 10.3. The van der Waals surface area contributed by atoms with E-state index in [-0.39, 0.29) is 22.2 Å². The van der Waals surface area contributed by atoms with Crippen LogP contribution in [0.1, 0.15) is 0 Å². The van der Waals surface area contributed by atoms with E-state index < -0.39 is 5.82 Å². The summed E-state index contributed by atoms with van der Waals surface area (Å²) in [7, 11) is 0. The highest BCUT2D eigenvalue weighted by atomic mass is 35.5. The third-order valence-corrected chi connectivity index (χ3v) is 3.11. The number of benzene rings is 2. The summed E-state index contributed by atoms with van der Waals surface area (Å²) in [5.74, 6) is 0.00467. The molecular formula is C12H7Cl3FNO. The fraction of sp³-hybridized carbons (Fsp3) is 0. The van der Waals surface area contributed by atoms with Gasteiger partial charge in [-0.25, -0.2) is 4.39 Å². The minimum absolute atomic E-state index is 0.229. The molecule has 0 radical (unpaired) electrons. The van der Waals surface area contributed by atoms with Crippen LogP contribution in [0, 0.1) is 5.82 Å². The number of halogens is 4. The van der Waals surface area contributed by atoms with Gasteiger partial charge in [0.15, 0.2) is 0 Å². The molecule has 0 fully saturated rings. The van der Waals surface area contributed by atoms with E-state index >= 15 is 0 Å². The molecule has 6 heteroatoms. The first-order chi connectivity index (χ1) is 8.45. The summed E-state index contributed by atoms with van der Waals surface area (Å²) in [6.07, 6.45) is 0. The van der Waals surface area contributed by atoms with Crippen LogP contribution in [-0.2, 0) is 0 Å². The van der Waals surface area contributed by atoms with Crippen molar-refractivity contribution in [2.75, 3.05) is 5.73 Å². The van der Waals surface area contributed by atoms with Gasteiger partial charge in [-0.2, -0.15) is 0 Å². The molecule has 0 aromatic heterocycles. The summed E-state index contributed by atoms with van der Waals surface area (Å²) in [6, 6.07) is 6.75. The number of ether oxygens (including phenoxy) is 1. The lowest BCUT2D eigenvalue weighted by molar-refractivity contribution is 0.477. The largest absolute Gasteiger partial charge is 0.456 e. The fourth-order valence-electron chi connectivity index (χ4n) is 1.35. The van der Waals surface area contributed by atoms with E-state index in [4.69, 9.17) is 45.3 Å². The Morgan fingerprint density at radius 2 is 1.56 bits per heavy atom. The van der Waals surface area contributed by atoms with E-state index in [0.29, 0.717) is 10.0 Å². The quantitative estimate of drug-likeness (QED) is 0.614. The van der Waals surface area contributed by atoms with Gasteiger partial charge in [-0.3, -0.25) is 0 Å². The lowest BCUT2D eigenvalue weighted by Crippen LogP contribution is -1.91. The molecule has 0 saturated carbocycles. The third kappa shape index (κ3) is 2.99. The van der Waals surface area contributed by atoms with Crippen LogP contribution in [0.25, 0.3) is 0 Å². The number of hydrogen-bond donors (Lipinski definition) is 1. The van der Waals surface area contributed by atoms with Gasteiger partial charge in [0.2, 0.25) is 0 Å². The molecule has 2 aromatic rings. The maximum atomic E-state index is 13.1. The summed E-state index contributed by atoms with van der Waals surface area (Å²) in [5, 5.41) is 0.875. The molecular weight excluding hydrogens is 299 g/mol. The van der Waals surface area contributed by atoms with Gasteiger partial charge >= 0.3 is 0 Å². The first kappa shape index (κ1) is 13.3. The first-order valence-electron chi connectivity index (χ1n) is 4.84. The van der Waals surface area contributed by atoms with Crippen molar-refractivity contribution in [1.29, 1.82) is 0 Å². The van der Waals surface area contributed by atoms with Crippen LogP contribution < -0.4 is 10.5 Å². The summed E-state index contributed by atoms with van der Waals surface area (Å²) in [6.45, 7) is 0. The van der Waals surface area contributed by atoms with Crippen LogP contribution >= 0.6 is 34.8 Å². The Labute approximate surface area is 118 Å². The van der Waals surface area contributed by atoms with Crippen LogP contribution in [0.5, 0.6) is 11.5 Å². The minimum Gasteiger partial charge on any atom is -0.456 e. The highest BCUT2D eigenvalue weighted by Gasteiger charge is 2.09. The molecule has 0 aliphatic heterocycles. The third-order valence-electron chi connectivity index (χ3n) is 2.10. The van der Waals surface area contributed by atoms with Crippen LogP contribution in [0.4, 0.5) is 10.1 Å². The Bertz CT molecular complexity index is 584. The topological polar surface area (TPSA) is 35.2 Å². The van der Waals surface area contributed by atoms with Gasteiger partial charge in [-0.1, -0.05) is 34.8 Å². The molecule has 0 bridgehead atoms. The van der Waals surface area contributed by atoms with Crippen molar-refractivity contribution in [3.63, 3.8) is 0 Å². The standard InChI is InChI=1S/C12H7Cl3FNO/c13-9-4-11(15)12(5-10(9)14)18-8-2-6(16)1-7(17)3-8/h1-5H,17H2. The number of nitrogens with two attached hydrogens (primary N) is 1. The zero-order valence-corrected chi connectivity index (χ0v) is 11.2. The fourth-order valence-corrected chi connectivity index (χ4v) is 1.93. The molecule has 2 aromatic carbocycles. The smallest absolute Gasteiger partial charge is 0.147 e. The van der Waals surface area contributed by atoms with Crippen molar-refractivity contribution in [3.8, 4) is 11.5 Å². The zero-order chi connectivity index (χ0) is 13.3. The van der Waals surface area contributed by atoms with Gasteiger partial charge in [0, 0.05) is 23.9 Å². The zero-order valence-electron chi connectivity index (χ0n) is 8.88. The van der Waals surface area contributed by atoms with Gasteiger partial charge < -0.3 is 10.5 Å². The lowest BCUT2D eigenvalue weighted by Gasteiger charge is -2.09. The molecule has 0 amide bonds. The second-order valence-electron chi connectivity index (χ2n) is 3.52. The highest BCUT2D eigenvalue weighted by molar-refractivity contribution is 6.43. The van der Waals surface area contributed by atoms with Crippen molar-refractivity contribution in [2.24, 2.45) is 0 Å². The van der Waals surface area contributed by atoms with Crippen molar-refractivity contribution in [1.82, 2.24) is 0 Å². The molecule has 2 rings (SSSR count). The molecule has 0 atom stereocenters. The molecule has 18 heavy (non-hydrogen) atoms. The molecule has 0 aliphatic carbocycles. The molecule has 2 N–H and O–H groups in total. The van der Waals surface area contributed by atoms with Crippen molar-refractivity contribution in [3.05, 3.63) is 51.2 Å². The number of rotatable bonds is 2. The Morgan fingerprint density at radius 3 is 2.22 bits per heavy atom. The maximum Gasteiger partial charge on any atom is 0.147 e. The second-order valence-corrected chi connectivity index (χ2v) is 4.74. The number of nitrogen functional groups attached to an aromatic ring is 1. The van der Waals surface area contributed by atoms with Gasteiger partial charge in [0.25, 0.3) is 0 Å². The Kier molecular flexibility index (Phi) is 3.85. The SMILES string of the molecule is Nc1cc(F)cc(Oc2cc(Cl)c(Cl)cc2Cl)c1. The van der Waals surface area contributed by atoms with Gasteiger partial charge in [-0.05, 0) is 12.1 Å². The number of hydrogen-bond acceptors (Lipinski definition) is 2. The molecule has 94 valence electrons. The minimum atomic E-state index is -0.499. The summed E-state index contributed by atoms with van der Waals surface area (Å²) >= 11 is 17.6. The molecule has 0 unspecified atom stereocenters. The van der Waals surface area contributed by atoms with Gasteiger partial charge in [0.05, 0.1) is 15.1 Å². The second kappa shape index (κ2) is 5.22. The molecule has 0 heterocycles. The van der Waals surface area contributed by atoms with E-state index in [1.807, 2.05) is 0 Å². The van der Waals surface area contributed by atoms with Crippen molar-refractivity contribution < 1.29 is 9.13 Å². The van der Waals surface area contributed by atoms with E-state index in [0.717, 1.165) is 0 Å². The summed E-state index contributed by atoms with van der Waals surface area (Å²) in [4.78, 5) is 0. The van der Waals surface area contributed by atoms with Crippen LogP contribution in [0.15, 0.2) is 30.3 Å². The molecule has 2 nitrogen and oxygen atoms in total. The predicted octanol–water partition coefficient (Wildman–Crippen LogP) is 5.16. The predicted molar refractivity (Wildman–Crippen MR) is 72.4 cm³/mol. The van der Waals surface area contributed by atoms with Gasteiger partial charge in [0.1, 0.15) is 17.3 Å². The van der Waals surface area contributed by atoms with Crippen molar-refractivity contribution >= 4 is 40.5 Å². The Morgan fingerprint density at radius 1 is 0.889 bits per heavy atom.